The number of hydrogen-bond donors (Lipinski definition) is 4. The maximum absolute atomic E-state index is 14.2. The van der Waals surface area contributed by atoms with Crippen LogP contribution in [0.25, 0.3) is 11.0 Å². The van der Waals surface area contributed by atoms with Crippen LogP contribution in [0.4, 0.5) is 17.1 Å². The molecule has 4 N–H and O–H groups in total. The Bertz CT molecular complexity index is 2840. The number of methoxy groups -OCH3 is 1. The van der Waals surface area contributed by atoms with Crippen LogP contribution in [-0.4, -0.2) is 90.3 Å². The van der Waals surface area contributed by atoms with Gasteiger partial charge in [-0.3, -0.25) is 19.8 Å². The lowest BCUT2D eigenvalue weighted by Gasteiger charge is -2.56. The normalized spacial score (nSPS) is 24.0. The Hall–Kier alpha value is -5.91. The second-order valence-electron chi connectivity index (χ2n) is 20.3. The Morgan fingerprint density at radius 3 is 2.50 bits per heavy atom. The summed E-state index contributed by atoms with van der Waals surface area (Å²) in [4.78, 5) is 38.1. The molecule has 5 heterocycles. The molecule has 17 heteroatoms. The largest absolute Gasteiger partial charge is 0.489 e. The molecule has 2 saturated heterocycles. The summed E-state index contributed by atoms with van der Waals surface area (Å²) in [5.41, 5.74) is 3.35. The summed E-state index contributed by atoms with van der Waals surface area (Å²) >= 11 is 0. The Kier molecular flexibility index (Phi) is 12.1. The molecule has 4 fully saturated rings. The quantitative estimate of drug-likeness (QED) is 0.0682. The molecule has 5 aromatic rings. The highest BCUT2D eigenvalue weighted by atomic mass is 32.2. The number of aromatic amines is 1. The number of carbonyl (C=O) groups excluding carboxylic acids is 1. The van der Waals surface area contributed by atoms with Crippen LogP contribution in [0.3, 0.4) is 0 Å². The number of pyridine rings is 1. The number of sulfonamides is 1. The molecule has 1 amide bonds. The summed E-state index contributed by atoms with van der Waals surface area (Å²) in [6.45, 7) is 9.28. The van der Waals surface area contributed by atoms with E-state index in [0.29, 0.717) is 49.3 Å². The van der Waals surface area contributed by atoms with Crippen LogP contribution >= 0.6 is 0 Å². The maximum Gasteiger partial charge on any atom is 0.297 e. The number of aliphatic hydroxyl groups is 1. The van der Waals surface area contributed by atoms with Gasteiger partial charge in [0.2, 0.25) is 0 Å². The van der Waals surface area contributed by atoms with Gasteiger partial charge in [0.1, 0.15) is 18.0 Å². The minimum Gasteiger partial charge on any atom is -0.489 e. The van der Waals surface area contributed by atoms with Gasteiger partial charge in [-0.1, -0.05) is 38.1 Å². The standard InChI is InChI=1S/C51H61N7O9S/c1-31(2)37-8-5-6-9-38(37)41-10-7-21-57(41)35-28-51(29-35)18-22-56(23-19-51)34-11-12-39(43(25-34)67-45-24-33-15-20-52-47(33)54-49(45)65-4)48(59)55-68(63,64)36-26-42(58(61)62)46-44(27-36)66-30-40(53-46)32-13-16-50(3,60)17-14-32/h5-6,8-9,11-12,15,20,24-27,31-32,35,40-41,53,60H,7,10,13-14,16-19,21-23,28-30H2,1-4H3,(H,52,54)(H,55,59)/t32-,40-,41+,50-/m1/s1. The summed E-state index contributed by atoms with van der Waals surface area (Å²) in [7, 11) is -3.23. The highest BCUT2D eigenvalue weighted by Crippen LogP contribution is 2.54. The van der Waals surface area contributed by atoms with Gasteiger partial charge in [0.05, 0.1) is 34.1 Å². The molecule has 2 saturated carbocycles. The maximum atomic E-state index is 14.2. The molecular formula is C51H61N7O9S. The summed E-state index contributed by atoms with van der Waals surface area (Å²) in [5.74, 6) is 0.0321. The lowest BCUT2D eigenvalue weighted by molar-refractivity contribution is -0.384. The molecule has 2 aliphatic carbocycles. The fraction of sp³-hybridized carbons (Fsp3) is 0.490. The molecule has 5 aliphatic rings. The predicted molar refractivity (Wildman–Crippen MR) is 259 cm³/mol. The van der Waals surface area contributed by atoms with E-state index in [1.165, 1.54) is 50.0 Å². The van der Waals surface area contributed by atoms with E-state index in [4.69, 9.17) is 14.2 Å². The Labute approximate surface area is 397 Å². The third kappa shape index (κ3) is 8.84. The number of hydrogen-bond acceptors (Lipinski definition) is 13. The highest BCUT2D eigenvalue weighted by molar-refractivity contribution is 7.90. The fourth-order valence-corrected chi connectivity index (χ4v) is 12.7. The molecule has 3 aromatic carbocycles. The fourth-order valence-electron chi connectivity index (χ4n) is 11.7. The molecular weight excluding hydrogens is 887 g/mol. The Morgan fingerprint density at radius 1 is 1.00 bits per heavy atom. The van der Waals surface area contributed by atoms with Gasteiger partial charge in [-0.2, -0.15) is 4.98 Å². The summed E-state index contributed by atoms with van der Waals surface area (Å²) in [5, 5.41) is 26.9. The van der Waals surface area contributed by atoms with Crippen LogP contribution in [0.1, 0.15) is 118 Å². The molecule has 360 valence electrons. The van der Waals surface area contributed by atoms with Crippen LogP contribution in [0.2, 0.25) is 0 Å². The number of likely N-dealkylation sites (tertiary alicyclic amines) is 1. The number of benzene rings is 3. The number of aromatic nitrogens is 2. The van der Waals surface area contributed by atoms with Crippen molar-refractivity contribution in [1.29, 1.82) is 0 Å². The smallest absolute Gasteiger partial charge is 0.297 e. The first kappa shape index (κ1) is 45.9. The number of amides is 1. The molecule has 68 heavy (non-hydrogen) atoms. The van der Waals surface area contributed by atoms with Crippen LogP contribution < -0.4 is 29.1 Å². The second kappa shape index (κ2) is 17.9. The van der Waals surface area contributed by atoms with E-state index in [0.717, 1.165) is 49.6 Å². The number of nitrogens with one attached hydrogen (secondary N) is 3. The van der Waals surface area contributed by atoms with Gasteiger partial charge < -0.3 is 34.5 Å². The molecule has 16 nitrogen and oxygen atoms in total. The van der Waals surface area contributed by atoms with Gasteiger partial charge >= 0.3 is 0 Å². The van der Waals surface area contributed by atoms with Crippen molar-refractivity contribution < 1.29 is 37.5 Å². The van der Waals surface area contributed by atoms with Gasteiger partial charge in [0.25, 0.3) is 27.5 Å². The van der Waals surface area contributed by atoms with Crippen LogP contribution in [-0.2, 0) is 10.0 Å². The van der Waals surface area contributed by atoms with E-state index < -0.39 is 37.0 Å². The van der Waals surface area contributed by atoms with Crippen LogP contribution in [0, 0.1) is 21.4 Å². The highest BCUT2D eigenvalue weighted by Gasteiger charge is 2.50. The zero-order chi connectivity index (χ0) is 47.5. The van der Waals surface area contributed by atoms with Gasteiger partial charge in [-0.05, 0) is 130 Å². The van der Waals surface area contributed by atoms with E-state index in [-0.39, 0.29) is 58.4 Å². The van der Waals surface area contributed by atoms with Gasteiger partial charge in [-0.15, -0.1) is 0 Å². The number of anilines is 2. The average Bonchev–Trinajstić information content (AvgIpc) is 3.99. The number of piperidine rings is 1. The van der Waals surface area contributed by atoms with Crippen LogP contribution in [0.5, 0.6) is 23.1 Å². The average molecular weight is 948 g/mol. The SMILES string of the molecule is COc1nc2[nH]ccc2cc1Oc1cc(N2CCC3(CC2)CC(N2CCC[C@H]2c2ccccc2C(C)C)C3)ccc1C(=O)NS(=O)(=O)c1cc2c(c([N+](=O)[O-])c1)N[C@@H]([C@H]1CC[C@](C)(O)CC1)CO2. The van der Waals surface area contributed by atoms with Crippen molar-refractivity contribution in [3.8, 4) is 23.1 Å². The molecule has 10 rings (SSSR count). The van der Waals surface area contributed by atoms with Crippen molar-refractivity contribution in [3.05, 3.63) is 99.7 Å². The first-order chi connectivity index (χ1) is 32.6. The van der Waals surface area contributed by atoms with Crippen molar-refractivity contribution in [2.45, 2.75) is 120 Å². The molecule has 0 radical (unpaired) electrons. The number of ether oxygens (including phenoxy) is 3. The van der Waals surface area contributed by atoms with Gasteiger partial charge in [-0.25, -0.2) is 13.1 Å². The van der Waals surface area contributed by atoms with Crippen molar-refractivity contribution in [2.75, 3.05) is 43.6 Å². The summed E-state index contributed by atoms with van der Waals surface area (Å²) in [6, 6.07) is 20.5. The number of rotatable bonds is 12. The zero-order valence-electron chi connectivity index (χ0n) is 39.1. The first-order valence-corrected chi connectivity index (χ1v) is 25.5. The van der Waals surface area contributed by atoms with Crippen molar-refractivity contribution >= 4 is 44.0 Å². The lowest BCUT2D eigenvalue weighted by atomic mass is 9.59. The molecule has 0 unspecified atom stereocenters. The topological polar surface area (TPSA) is 201 Å². The molecule has 2 aromatic heterocycles. The van der Waals surface area contributed by atoms with Gasteiger partial charge in [0, 0.05) is 60.6 Å². The minimum absolute atomic E-state index is 0.00687. The minimum atomic E-state index is -4.69. The van der Waals surface area contributed by atoms with Crippen molar-refractivity contribution in [2.24, 2.45) is 11.3 Å². The molecule has 3 aliphatic heterocycles. The van der Waals surface area contributed by atoms with E-state index in [2.05, 4.69) is 67.9 Å². The van der Waals surface area contributed by atoms with E-state index in [1.54, 1.807) is 37.4 Å². The summed E-state index contributed by atoms with van der Waals surface area (Å²) < 4.78 is 48.3. The number of nitro groups is 1. The predicted octanol–water partition coefficient (Wildman–Crippen LogP) is 9.21. The first-order valence-electron chi connectivity index (χ1n) is 24.0. The number of carbonyl (C=O) groups is 1. The molecule has 1 spiro atoms. The van der Waals surface area contributed by atoms with Crippen molar-refractivity contribution in [1.82, 2.24) is 19.6 Å². The Balaban J connectivity index is 0.875. The Morgan fingerprint density at radius 2 is 1.76 bits per heavy atom. The van der Waals surface area contributed by atoms with Crippen molar-refractivity contribution in [3.63, 3.8) is 0 Å². The summed E-state index contributed by atoms with van der Waals surface area (Å²) in [6.07, 6.45) is 11.2. The molecule has 0 bridgehead atoms. The third-order valence-corrected chi connectivity index (χ3v) is 16.9. The monoisotopic (exact) mass is 947 g/mol. The van der Waals surface area contributed by atoms with Gasteiger partial charge in [0.15, 0.2) is 17.2 Å². The number of nitrogens with zero attached hydrogens (tertiary/aromatic N) is 4. The van der Waals surface area contributed by atoms with E-state index in [9.17, 15) is 28.4 Å². The lowest BCUT2D eigenvalue weighted by Crippen LogP contribution is -2.54. The number of fused-ring (bicyclic) bond motifs is 2. The number of nitro benzene ring substituents is 1. The zero-order valence-corrected chi connectivity index (χ0v) is 39.9. The second-order valence-corrected chi connectivity index (χ2v) is 22.0. The molecule has 2 atom stereocenters. The van der Waals surface area contributed by atoms with E-state index in [1.807, 2.05) is 6.07 Å². The van der Waals surface area contributed by atoms with Crippen LogP contribution in [0.15, 0.2) is 77.8 Å². The number of H-pyrrole nitrogens is 1. The third-order valence-electron chi connectivity index (χ3n) is 15.6. The van der Waals surface area contributed by atoms with E-state index >= 15 is 0 Å².